The van der Waals surface area contributed by atoms with Crippen molar-refractivity contribution in [1.82, 2.24) is 10.2 Å². The van der Waals surface area contributed by atoms with Gasteiger partial charge in [0.25, 0.3) is 0 Å². The molecule has 0 unspecified atom stereocenters. The Bertz CT molecular complexity index is 888. The number of nitrogens with zero attached hydrogens (tertiary/aromatic N) is 1. The lowest BCUT2D eigenvalue weighted by Crippen LogP contribution is -2.50. The molecule has 1 aliphatic rings. The van der Waals surface area contributed by atoms with Gasteiger partial charge in [0.05, 0.1) is 15.8 Å². The molecule has 1 fully saturated rings. The first-order valence-corrected chi connectivity index (χ1v) is 12.4. The average Bonchev–Trinajstić information content (AvgIpc) is 2.79. The van der Waals surface area contributed by atoms with Crippen molar-refractivity contribution < 1.29 is 9.59 Å². The summed E-state index contributed by atoms with van der Waals surface area (Å²) in [5.41, 5.74) is 0.838. The summed E-state index contributed by atoms with van der Waals surface area (Å²) in [5.74, 6) is 0.0584. The van der Waals surface area contributed by atoms with Crippen LogP contribution >= 0.6 is 35.0 Å². The fraction of sp³-hybridized carbons (Fsp3) is 0.417. The number of hydrogen-bond donors (Lipinski definition) is 1. The second-order valence-electron chi connectivity index (χ2n) is 7.89. The van der Waals surface area contributed by atoms with Crippen molar-refractivity contribution >= 4 is 46.8 Å². The molecule has 166 valence electrons. The molecule has 0 heterocycles. The molecule has 4 nitrogen and oxygen atoms in total. The standard InChI is InChI=1S/C24H28Cl2N2O2S/c1-17(24(30)27-19-8-4-2-5-9-19)28(15-18-12-13-21(25)22(26)14-18)23(29)16-31-20-10-6-3-7-11-20/h3,6-7,10-14,17,19H,2,4-5,8-9,15-16H2,1H3,(H,27,30)/t17-/m0/s1. The zero-order valence-corrected chi connectivity index (χ0v) is 20.0. The molecule has 1 aliphatic carbocycles. The van der Waals surface area contributed by atoms with Crippen LogP contribution in [0.1, 0.15) is 44.6 Å². The SMILES string of the molecule is C[C@@H](C(=O)NC1CCCCC1)N(Cc1ccc(Cl)c(Cl)c1)C(=O)CSc1ccccc1. The highest BCUT2D eigenvalue weighted by atomic mass is 35.5. The molecule has 31 heavy (non-hydrogen) atoms. The zero-order valence-electron chi connectivity index (χ0n) is 17.7. The summed E-state index contributed by atoms with van der Waals surface area (Å²) in [6.07, 6.45) is 5.50. The highest BCUT2D eigenvalue weighted by molar-refractivity contribution is 8.00. The van der Waals surface area contributed by atoms with Gasteiger partial charge in [-0.3, -0.25) is 9.59 Å². The predicted molar refractivity (Wildman–Crippen MR) is 129 cm³/mol. The molecule has 0 aliphatic heterocycles. The van der Waals surface area contributed by atoms with Crippen molar-refractivity contribution in [2.45, 2.75) is 62.6 Å². The highest BCUT2D eigenvalue weighted by Gasteiger charge is 2.28. The van der Waals surface area contributed by atoms with Gasteiger partial charge < -0.3 is 10.2 Å². The van der Waals surface area contributed by atoms with Crippen LogP contribution in [0.3, 0.4) is 0 Å². The Morgan fingerprint density at radius 3 is 2.45 bits per heavy atom. The van der Waals surface area contributed by atoms with Crippen LogP contribution in [0.25, 0.3) is 0 Å². The van der Waals surface area contributed by atoms with Gasteiger partial charge in [0, 0.05) is 17.5 Å². The lowest BCUT2D eigenvalue weighted by molar-refractivity contribution is -0.139. The molecule has 7 heteroatoms. The molecule has 0 radical (unpaired) electrons. The molecule has 3 rings (SSSR count). The fourth-order valence-electron chi connectivity index (χ4n) is 3.73. The van der Waals surface area contributed by atoms with E-state index in [1.165, 1.54) is 18.2 Å². The Morgan fingerprint density at radius 1 is 1.06 bits per heavy atom. The first-order valence-electron chi connectivity index (χ1n) is 10.7. The number of amides is 2. The van der Waals surface area contributed by atoms with Gasteiger partial charge in [-0.15, -0.1) is 11.8 Å². The Balaban J connectivity index is 1.72. The van der Waals surface area contributed by atoms with Crippen molar-refractivity contribution in [2.75, 3.05) is 5.75 Å². The number of halogens is 2. The van der Waals surface area contributed by atoms with Crippen LogP contribution in [0, 0.1) is 0 Å². The Morgan fingerprint density at radius 2 is 1.77 bits per heavy atom. The van der Waals surface area contributed by atoms with Gasteiger partial charge in [-0.05, 0) is 49.6 Å². The summed E-state index contributed by atoms with van der Waals surface area (Å²) >= 11 is 13.7. The van der Waals surface area contributed by atoms with Gasteiger partial charge in [-0.1, -0.05) is 66.7 Å². The molecule has 1 N–H and O–H groups in total. The first kappa shape index (κ1) is 24.0. The lowest BCUT2D eigenvalue weighted by Gasteiger charge is -2.31. The maximum absolute atomic E-state index is 13.2. The molecule has 1 saturated carbocycles. The van der Waals surface area contributed by atoms with Crippen molar-refractivity contribution in [3.8, 4) is 0 Å². The molecule has 2 aromatic carbocycles. The van der Waals surface area contributed by atoms with Crippen LogP contribution < -0.4 is 5.32 Å². The van der Waals surface area contributed by atoms with E-state index in [2.05, 4.69) is 5.32 Å². The number of carbonyl (C=O) groups is 2. The van der Waals surface area contributed by atoms with E-state index in [-0.39, 0.29) is 23.6 Å². The van der Waals surface area contributed by atoms with Crippen LogP contribution in [0.4, 0.5) is 0 Å². The van der Waals surface area contributed by atoms with E-state index in [4.69, 9.17) is 23.2 Å². The van der Waals surface area contributed by atoms with E-state index in [1.54, 1.807) is 24.0 Å². The van der Waals surface area contributed by atoms with Crippen molar-refractivity contribution in [2.24, 2.45) is 0 Å². The molecule has 0 saturated heterocycles. The van der Waals surface area contributed by atoms with E-state index in [0.29, 0.717) is 16.6 Å². The van der Waals surface area contributed by atoms with E-state index < -0.39 is 6.04 Å². The Hall–Kier alpha value is -1.69. The summed E-state index contributed by atoms with van der Waals surface area (Å²) in [6, 6.07) is 14.7. The fourth-order valence-corrected chi connectivity index (χ4v) is 4.86. The number of thioether (sulfide) groups is 1. The van der Waals surface area contributed by atoms with Crippen molar-refractivity contribution in [1.29, 1.82) is 0 Å². The van der Waals surface area contributed by atoms with Crippen molar-refractivity contribution in [3.05, 3.63) is 64.1 Å². The molecule has 1 atom stereocenters. The number of benzene rings is 2. The maximum Gasteiger partial charge on any atom is 0.242 e. The smallest absolute Gasteiger partial charge is 0.242 e. The number of carbonyl (C=O) groups excluding carboxylic acids is 2. The molecule has 2 amide bonds. The van der Waals surface area contributed by atoms with Crippen molar-refractivity contribution in [3.63, 3.8) is 0 Å². The number of nitrogens with one attached hydrogen (secondary N) is 1. The molecule has 0 bridgehead atoms. The number of hydrogen-bond acceptors (Lipinski definition) is 3. The van der Waals surface area contributed by atoms with Gasteiger partial charge in [-0.25, -0.2) is 0 Å². The molecule has 2 aromatic rings. The zero-order chi connectivity index (χ0) is 22.2. The summed E-state index contributed by atoms with van der Waals surface area (Å²) in [6.45, 7) is 2.09. The van der Waals surface area contributed by atoms with Crippen LogP contribution in [-0.4, -0.2) is 34.6 Å². The summed E-state index contributed by atoms with van der Waals surface area (Å²) in [4.78, 5) is 28.8. The third kappa shape index (κ3) is 7.16. The Labute approximate surface area is 198 Å². The largest absolute Gasteiger partial charge is 0.352 e. The normalized spacial score (nSPS) is 15.3. The minimum atomic E-state index is -0.583. The van der Waals surface area contributed by atoms with Gasteiger partial charge in [0.15, 0.2) is 0 Å². The monoisotopic (exact) mass is 478 g/mol. The number of rotatable bonds is 8. The predicted octanol–water partition coefficient (Wildman–Crippen LogP) is 5.95. The maximum atomic E-state index is 13.2. The van der Waals surface area contributed by atoms with Gasteiger partial charge in [-0.2, -0.15) is 0 Å². The summed E-state index contributed by atoms with van der Waals surface area (Å²) in [5, 5.41) is 4.05. The minimum Gasteiger partial charge on any atom is -0.352 e. The van der Waals surface area contributed by atoms with Crippen LogP contribution in [-0.2, 0) is 16.1 Å². The second-order valence-corrected chi connectivity index (χ2v) is 9.75. The van der Waals surface area contributed by atoms with E-state index >= 15 is 0 Å². The van der Waals surface area contributed by atoms with E-state index in [1.807, 2.05) is 36.4 Å². The molecular weight excluding hydrogens is 451 g/mol. The van der Waals surface area contributed by atoms with Gasteiger partial charge >= 0.3 is 0 Å². The second kappa shape index (κ2) is 11.8. The summed E-state index contributed by atoms with van der Waals surface area (Å²) < 4.78 is 0. The van der Waals surface area contributed by atoms with Crippen LogP contribution in [0.2, 0.25) is 10.0 Å². The topological polar surface area (TPSA) is 49.4 Å². The summed E-state index contributed by atoms with van der Waals surface area (Å²) in [7, 11) is 0. The average molecular weight is 479 g/mol. The van der Waals surface area contributed by atoms with Crippen LogP contribution in [0.5, 0.6) is 0 Å². The van der Waals surface area contributed by atoms with E-state index in [9.17, 15) is 9.59 Å². The third-order valence-electron chi connectivity index (χ3n) is 5.56. The van der Waals surface area contributed by atoms with E-state index in [0.717, 1.165) is 36.1 Å². The van der Waals surface area contributed by atoms with Gasteiger partial charge in [0.1, 0.15) is 6.04 Å². The third-order valence-corrected chi connectivity index (χ3v) is 7.30. The minimum absolute atomic E-state index is 0.0915. The first-order chi connectivity index (χ1) is 14.9. The quantitative estimate of drug-likeness (QED) is 0.476. The van der Waals surface area contributed by atoms with Gasteiger partial charge in [0.2, 0.25) is 11.8 Å². The molecule has 0 aromatic heterocycles. The van der Waals surface area contributed by atoms with Crippen LogP contribution in [0.15, 0.2) is 53.4 Å². The molecular formula is C24H28Cl2N2O2S. The molecule has 0 spiro atoms. The lowest BCUT2D eigenvalue weighted by atomic mass is 9.95. The Kier molecular flexibility index (Phi) is 9.12. The highest BCUT2D eigenvalue weighted by Crippen LogP contribution is 2.25.